The van der Waals surface area contributed by atoms with Gasteiger partial charge in [-0.3, -0.25) is 9.69 Å². The molecule has 0 amide bonds. The number of methoxy groups -OCH3 is 2. The van der Waals surface area contributed by atoms with Crippen LogP contribution in [0.2, 0.25) is 0 Å². The summed E-state index contributed by atoms with van der Waals surface area (Å²) in [6.45, 7) is 1.86. The Morgan fingerprint density at radius 3 is 1.82 bits per heavy atom. The van der Waals surface area contributed by atoms with E-state index in [0.717, 1.165) is 43.4 Å². The van der Waals surface area contributed by atoms with Gasteiger partial charge in [0.2, 0.25) is 0 Å². The largest absolute Gasteiger partial charge is 0.469 e. The van der Waals surface area contributed by atoms with Crippen molar-refractivity contribution in [3.63, 3.8) is 0 Å². The zero-order chi connectivity index (χ0) is 31.0. The number of nitrogens with zero attached hydrogens (tertiary/aromatic N) is 1. The Hall–Kier alpha value is -4.26. The van der Waals surface area contributed by atoms with Crippen LogP contribution in [0.25, 0.3) is 0 Å². The molecule has 230 valence electrons. The minimum Gasteiger partial charge on any atom is -0.469 e. The zero-order valence-electron chi connectivity index (χ0n) is 25.8. The van der Waals surface area contributed by atoms with E-state index < -0.39 is 0 Å². The Labute approximate surface area is 261 Å². The topological polar surface area (TPSA) is 65.1 Å². The van der Waals surface area contributed by atoms with Gasteiger partial charge >= 0.3 is 11.9 Å². The number of ether oxygens (including phenoxy) is 3. The van der Waals surface area contributed by atoms with E-state index in [1.165, 1.54) is 30.9 Å². The van der Waals surface area contributed by atoms with E-state index in [-0.39, 0.29) is 18.2 Å². The van der Waals surface area contributed by atoms with Crippen molar-refractivity contribution < 1.29 is 23.8 Å². The SMILES string of the molecule is COC(=O)CCCCN(Cc1ccc(C(=O)OC)cc1)C(Cc1ccccc1)OCc1ccc(CCc2ccccc2)cc1. The molecule has 4 aromatic rings. The van der Waals surface area contributed by atoms with Gasteiger partial charge < -0.3 is 14.2 Å². The van der Waals surface area contributed by atoms with Crippen LogP contribution < -0.4 is 0 Å². The van der Waals surface area contributed by atoms with E-state index >= 15 is 0 Å². The molecule has 0 aliphatic carbocycles. The second kappa shape index (κ2) is 17.8. The quantitative estimate of drug-likeness (QED) is 0.0734. The van der Waals surface area contributed by atoms with Crippen molar-refractivity contribution in [3.8, 4) is 0 Å². The standard InChI is InChI=1S/C38H43NO5/c1-42-37(40)15-9-10-26-39(28-33-22-24-35(25-23-33)38(41)43-2)36(27-32-13-7-4-8-14-32)44-29-34-20-18-31(19-21-34)17-16-30-11-5-3-6-12-30/h3-8,11-14,18-25,36H,9-10,15-17,26-29H2,1-2H3. The summed E-state index contributed by atoms with van der Waals surface area (Å²) >= 11 is 0. The fraction of sp³-hybridized carbons (Fsp3) is 0.316. The summed E-state index contributed by atoms with van der Waals surface area (Å²) in [5.41, 5.74) is 6.55. The number of hydrogen-bond acceptors (Lipinski definition) is 6. The monoisotopic (exact) mass is 593 g/mol. The van der Waals surface area contributed by atoms with Gasteiger partial charge in [0.15, 0.2) is 0 Å². The lowest BCUT2D eigenvalue weighted by Gasteiger charge is -2.32. The first-order valence-corrected chi connectivity index (χ1v) is 15.3. The number of unbranched alkanes of at least 4 members (excludes halogenated alkanes) is 1. The van der Waals surface area contributed by atoms with E-state index in [1.54, 1.807) is 12.1 Å². The van der Waals surface area contributed by atoms with Crippen LogP contribution >= 0.6 is 0 Å². The van der Waals surface area contributed by atoms with Crippen LogP contribution in [0.1, 0.15) is 57.4 Å². The van der Waals surface area contributed by atoms with Crippen LogP contribution in [-0.4, -0.2) is 43.8 Å². The van der Waals surface area contributed by atoms with E-state index in [4.69, 9.17) is 14.2 Å². The van der Waals surface area contributed by atoms with Gasteiger partial charge in [-0.05, 0) is 65.6 Å². The highest BCUT2D eigenvalue weighted by Crippen LogP contribution is 2.19. The fourth-order valence-electron chi connectivity index (χ4n) is 5.15. The smallest absolute Gasteiger partial charge is 0.337 e. The maximum absolute atomic E-state index is 12.0. The summed E-state index contributed by atoms with van der Waals surface area (Å²) in [6, 6.07) is 37.1. The van der Waals surface area contributed by atoms with Crippen LogP contribution in [-0.2, 0) is 51.4 Å². The normalized spacial score (nSPS) is 11.7. The molecule has 0 aliphatic rings. The van der Waals surface area contributed by atoms with Crippen molar-refractivity contribution in [2.75, 3.05) is 20.8 Å². The number of esters is 2. The zero-order valence-corrected chi connectivity index (χ0v) is 25.8. The van der Waals surface area contributed by atoms with Gasteiger partial charge in [0.1, 0.15) is 6.23 Å². The highest BCUT2D eigenvalue weighted by molar-refractivity contribution is 5.89. The highest BCUT2D eigenvalue weighted by atomic mass is 16.5. The molecule has 0 aromatic heterocycles. The number of aryl methyl sites for hydroxylation is 2. The predicted octanol–water partition coefficient (Wildman–Crippen LogP) is 7.19. The van der Waals surface area contributed by atoms with Crippen molar-refractivity contribution in [2.24, 2.45) is 0 Å². The molecule has 0 saturated carbocycles. The molecular formula is C38H43NO5. The first-order chi connectivity index (χ1) is 21.5. The minimum atomic E-state index is -0.354. The third-order valence-electron chi connectivity index (χ3n) is 7.74. The van der Waals surface area contributed by atoms with E-state index in [9.17, 15) is 9.59 Å². The van der Waals surface area contributed by atoms with Gasteiger partial charge in [0, 0.05) is 25.9 Å². The Morgan fingerprint density at radius 1 is 0.636 bits per heavy atom. The molecule has 0 radical (unpaired) electrons. The summed E-state index contributed by atoms with van der Waals surface area (Å²) < 4.78 is 16.4. The Kier molecular flexibility index (Phi) is 13.2. The Morgan fingerprint density at radius 2 is 1.20 bits per heavy atom. The second-order valence-corrected chi connectivity index (χ2v) is 10.9. The molecule has 4 rings (SSSR count). The number of carbonyl (C=O) groups is 2. The molecule has 0 saturated heterocycles. The lowest BCUT2D eigenvalue weighted by molar-refractivity contribution is -0.140. The summed E-state index contributed by atoms with van der Waals surface area (Å²) in [6.07, 6.45) is 4.46. The van der Waals surface area contributed by atoms with Crippen molar-refractivity contribution in [1.82, 2.24) is 4.90 Å². The number of rotatable bonds is 17. The summed E-state index contributed by atoms with van der Waals surface area (Å²) in [5.74, 6) is -0.549. The van der Waals surface area contributed by atoms with Gasteiger partial charge in [-0.1, -0.05) is 97.1 Å². The molecule has 0 N–H and O–H groups in total. The molecule has 1 unspecified atom stereocenters. The molecule has 0 heterocycles. The molecule has 6 heteroatoms. The van der Waals surface area contributed by atoms with Crippen LogP contribution in [0, 0.1) is 0 Å². The molecule has 0 aliphatic heterocycles. The van der Waals surface area contributed by atoms with E-state index in [0.29, 0.717) is 31.6 Å². The lowest BCUT2D eigenvalue weighted by Crippen LogP contribution is -2.39. The first kappa shape index (κ1) is 32.6. The maximum atomic E-state index is 12.0. The van der Waals surface area contributed by atoms with Crippen LogP contribution in [0.15, 0.2) is 109 Å². The molecule has 0 fully saturated rings. The van der Waals surface area contributed by atoms with Crippen LogP contribution in [0.4, 0.5) is 0 Å². The van der Waals surface area contributed by atoms with Gasteiger partial charge in [-0.2, -0.15) is 0 Å². The molecule has 4 aromatic carbocycles. The summed E-state index contributed by atoms with van der Waals surface area (Å²) in [4.78, 5) is 26.0. The average molecular weight is 594 g/mol. The van der Waals surface area contributed by atoms with Crippen LogP contribution in [0.5, 0.6) is 0 Å². The van der Waals surface area contributed by atoms with Gasteiger partial charge in [0.05, 0.1) is 26.4 Å². The van der Waals surface area contributed by atoms with Crippen molar-refractivity contribution in [2.45, 2.75) is 57.9 Å². The number of hydrogen-bond donors (Lipinski definition) is 0. The third kappa shape index (κ3) is 10.8. The maximum Gasteiger partial charge on any atom is 0.337 e. The highest BCUT2D eigenvalue weighted by Gasteiger charge is 2.21. The van der Waals surface area contributed by atoms with Crippen molar-refractivity contribution in [3.05, 3.63) is 143 Å². The van der Waals surface area contributed by atoms with Crippen molar-refractivity contribution in [1.29, 1.82) is 0 Å². The van der Waals surface area contributed by atoms with Crippen molar-refractivity contribution >= 4 is 11.9 Å². The lowest BCUT2D eigenvalue weighted by atomic mass is 10.0. The van der Waals surface area contributed by atoms with E-state index in [2.05, 4.69) is 65.6 Å². The van der Waals surface area contributed by atoms with Gasteiger partial charge in [0.25, 0.3) is 0 Å². The first-order valence-electron chi connectivity index (χ1n) is 15.3. The molecule has 0 spiro atoms. The molecular weight excluding hydrogens is 550 g/mol. The fourth-order valence-corrected chi connectivity index (χ4v) is 5.15. The number of benzene rings is 4. The average Bonchev–Trinajstić information content (AvgIpc) is 3.08. The van der Waals surface area contributed by atoms with Gasteiger partial charge in [-0.15, -0.1) is 0 Å². The molecule has 44 heavy (non-hydrogen) atoms. The summed E-state index contributed by atoms with van der Waals surface area (Å²) in [5, 5.41) is 0. The molecule has 1 atom stereocenters. The molecule has 0 bridgehead atoms. The Balaban J connectivity index is 1.47. The van der Waals surface area contributed by atoms with Crippen LogP contribution in [0.3, 0.4) is 0 Å². The van der Waals surface area contributed by atoms with E-state index in [1.807, 2.05) is 36.4 Å². The second-order valence-electron chi connectivity index (χ2n) is 10.9. The third-order valence-corrected chi connectivity index (χ3v) is 7.74. The van der Waals surface area contributed by atoms with Gasteiger partial charge in [-0.25, -0.2) is 4.79 Å². The molecule has 6 nitrogen and oxygen atoms in total. The Bertz CT molecular complexity index is 1410. The predicted molar refractivity (Wildman–Crippen MR) is 173 cm³/mol. The minimum absolute atomic E-state index is 0.195. The number of carbonyl (C=O) groups excluding carboxylic acids is 2. The summed E-state index contributed by atoms with van der Waals surface area (Å²) in [7, 11) is 2.81.